The second-order valence-electron chi connectivity index (χ2n) is 5.89. The van der Waals surface area contributed by atoms with Gasteiger partial charge in [-0.15, -0.1) is 23.5 Å². The Morgan fingerprint density at radius 3 is 2.08 bits per heavy atom. The van der Waals surface area contributed by atoms with Gasteiger partial charge in [-0.05, 0) is 43.4 Å². The monoisotopic (exact) mass is 456 g/mol. The Morgan fingerprint density at radius 1 is 0.885 bits per heavy atom. The second kappa shape index (κ2) is 8.74. The van der Waals surface area contributed by atoms with Gasteiger partial charge >= 0.3 is 0 Å². The molecular weight excluding hydrogens is 437 g/mol. The standard InChI is InChI=1S/C18H20N2S6/c1-4-6-21-15-16(22-7-5-2)26-18(25-15)17-23-13-8-11-12(9-14(13)24-17)20-10(3)19-11/h8-9H,4-7H2,1-3H3,(H,19,20). The van der Waals surface area contributed by atoms with E-state index in [2.05, 4.69) is 35.9 Å². The number of aromatic nitrogens is 2. The smallest absolute Gasteiger partial charge is 0.104 e. The highest BCUT2D eigenvalue weighted by molar-refractivity contribution is 8.42. The number of hydrogen-bond acceptors (Lipinski definition) is 7. The van der Waals surface area contributed by atoms with Gasteiger partial charge in [0.15, 0.2) is 0 Å². The van der Waals surface area contributed by atoms with Crippen LogP contribution in [-0.4, -0.2) is 21.5 Å². The number of nitrogens with zero attached hydrogens (tertiary/aromatic N) is 1. The Hall–Kier alpha value is 0.270. The van der Waals surface area contributed by atoms with Gasteiger partial charge in [0.2, 0.25) is 0 Å². The van der Waals surface area contributed by atoms with Gasteiger partial charge in [0.05, 0.1) is 28.0 Å². The fourth-order valence-corrected chi connectivity index (χ4v) is 11.1. The number of imidazole rings is 1. The number of fused-ring (bicyclic) bond motifs is 2. The van der Waals surface area contributed by atoms with Crippen LogP contribution in [0.4, 0.5) is 0 Å². The number of aromatic amines is 1. The van der Waals surface area contributed by atoms with Gasteiger partial charge in [-0.25, -0.2) is 4.98 Å². The van der Waals surface area contributed by atoms with Crippen LogP contribution in [0.15, 0.2) is 38.9 Å². The van der Waals surface area contributed by atoms with Crippen molar-refractivity contribution in [3.05, 3.63) is 34.9 Å². The first-order valence-corrected chi connectivity index (χ1v) is 13.9. The molecule has 1 aromatic heterocycles. The maximum atomic E-state index is 4.59. The zero-order valence-electron chi connectivity index (χ0n) is 14.9. The van der Waals surface area contributed by atoms with E-state index in [9.17, 15) is 0 Å². The zero-order valence-corrected chi connectivity index (χ0v) is 19.8. The van der Waals surface area contributed by atoms with E-state index in [1.807, 2.05) is 77.5 Å². The van der Waals surface area contributed by atoms with E-state index in [-0.39, 0.29) is 0 Å². The lowest BCUT2D eigenvalue weighted by molar-refractivity contribution is 1.11. The highest BCUT2D eigenvalue weighted by Gasteiger charge is 2.29. The fraction of sp³-hybridized carbons (Fsp3) is 0.389. The average Bonchev–Trinajstić information content (AvgIpc) is 3.30. The molecule has 0 spiro atoms. The summed E-state index contributed by atoms with van der Waals surface area (Å²) in [5, 5.41) is 0. The van der Waals surface area contributed by atoms with Gasteiger partial charge in [0.25, 0.3) is 0 Å². The number of nitrogens with one attached hydrogen (secondary N) is 1. The van der Waals surface area contributed by atoms with E-state index in [1.165, 1.54) is 51.1 Å². The minimum absolute atomic E-state index is 0.985. The Labute approximate surface area is 180 Å². The van der Waals surface area contributed by atoms with Crippen molar-refractivity contribution in [3.63, 3.8) is 0 Å². The second-order valence-corrected chi connectivity index (χ2v) is 13.3. The number of aryl methyl sites for hydroxylation is 1. The number of thioether (sulfide) groups is 6. The maximum absolute atomic E-state index is 4.59. The summed E-state index contributed by atoms with van der Waals surface area (Å²) in [6.07, 6.45) is 2.45. The van der Waals surface area contributed by atoms with Crippen LogP contribution < -0.4 is 0 Å². The van der Waals surface area contributed by atoms with E-state index >= 15 is 0 Å². The number of benzene rings is 1. The Kier molecular flexibility index (Phi) is 6.58. The molecule has 0 radical (unpaired) electrons. The number of rotatable bonds is 6. The molecule has 8 heteroatoms. The molecule has 0 atom stereocenters. The van der Waals surface area contributed by atoms with Gasteiger partial charge < -0.3 is 4.98 Å². The molecular formula is C18H20N2S6. The van der Waals surface area contributed by atoms with E-state index in [0.717, 1.165) is 16.9 Å². The summed E-state index contributed by atoms with van der Waals surface area (Å²) in [6, 6.07) is 4.49. The molecule has 0 unspecified atom stereocenters. The molecule has 0 saturated heterocycles. The number of H-pyrrole nitrogens is 1. The van der Waals surface area contributed by atoms with Crippen molar-refractivity contribution in [3.8, 4) is 0 Å². The van der Waals surface area contributed by atoms with Crippen molar-refractivity contribution in [1.82, 2.24) is 9.97 Å². The minimum Gasteiger partial charge on any atom is -0.342 e. The molecule has 0 saturated carbocycles. The van der Waals surface area contributed by atoms with Crippen molar-refractivity contribution < 1.29 is 0 Å². The van der Waals surface area contributed by atoms with Gasteiger partial charge in [-0.2, -0.15) is 0 Å². The minimum atomic E-state index is 0.985. The quantitative estimate of drug-likeness (QED) is 0.469. The third-order valence-corrected chi connectivity index (χ3v) is 12.6. The molecule has 0 bridgehead atoms. The van der Waals surface area contributed by atoms with Crippen LogP contribution in [0.25, 0.3) is 11.0 Å². The van der Waals surface area contributed by atoms with E-state index in [0.29, 0.717) is 0 Å². The van der Waals surface area contributed by atoms with Crippen LogP contribution >= 0.6 is 70.6 Å². The molecule has 2 nitrogen and oxygen atoms in total. The molecule has 2 aliphatic rings. The molecule has 0 aliphatic carbocycles. The average molecular weight is 457 g/mol. The van der Waals surface area contributed by atoms with Crippen molar-refractivity contribution >= 4 is 81.6 Å². The van der Waals surface area contributed by atoms with Gasteiger partial charge in [-0.1, -0.05) is 60.9 Å². The van der Waals surface area contributed by atoms with Crippen LogP contribution in [0.5, 0.6) is 0 Å². The molecule has 3 heterocycles. The molecule has 2 aliphatic heterocycles. The summed E-state index contributed by atoms with van der Waals surface area (Å²) in [6.45, 7) is 6.53. The SMILES string of the molecule is CCCSC1=C(SCCC)SC(=C2Sc3cc4nc(C)[nH]c4cc3S2)S1. The first-order chi connectivity index (χ1) is 12.7. The topological polar surface area (TPSA) is 28.7 Å². The largest absolute Gasteiger partial charge is 0.342 e. The Bertz CT molecular complexity index is 831. The predicted molar refractivity (Wildman–Crippen MR) is 127 cm³/mol. The van der Waals surface area contributed by atoms with Crippen LogP contribution in [0, 0.1) is 6.92 Å². The van der Waals surface area contributed by atoms with Gasteiger partial charge in [0, 0.05) is 9.79 Å². The van der Waals surface area contributed by atoms with Gasteiger partial charge in [-0.3, -0.25) is 0 Å². The van der Waals surface area contributed by atoms with Crippen LogP contribution in [-0.2, 0) is 0 Å². The summed E-state index contributed by atoms with van der Waals surface area (Å²) < 4.78 is 5.92. The molecule has 138 valence electrons. The Balaban J connectivity index is 1.56. The van der Waals surface area contributed by atoms with Crippen molar-refractivity contribution in [2.45, 2.75) is 43.4 Å². The zero-order chi connectivity index (χ0) is 18.1. The lowest BCUT2D eigenvalue weighted by Crippen LogP contribution is -1.77. The highest BCUT2D eigenvalue weighted by Crippen LogP contribution is 2.64. The predicted octanol–water partition coefficient (Wildman–Crippen LogP) is 8.09. The molecule has 1 aromatic carbocycles. The summed E-state index contributed by atoms with van der Waals surface area (Å²) in [5.74, 6) is 3.40. The summed E-state index contributed by atoms with van der Waals surface area (Å²) in [5.41, 5.74) is 2.22. The van der Waals surface area contributed by atoms with Crippen LogP contribution in [0.2, 0.25) is 0 Å². The molecule has 4 rings (SSSR count). The summed E-state index contributed by atoms with van der Waals surface area (Å²) >= 11 is 11.9. The molecule has 0 fully saturated rings. The highest BCUT2D eigenvalue weighted by atomic mass is 32.3. The lowest BCUT2D eigenvalue weighted by atomic mass is 10.3. The normalized spacial score (nSPS) is 17.0. The van der Waals surface area contributed by atoms with E-state index < -0.39 is 0 Å². The summed E-state index contributed by atoms with van der Waals surface area (Å²) in [7, 11) is 0. The van der Waals surface area contributed by atoms with Crippen molar-refractivity contribution in [2.75, 3.05) is 11.5 Å². The van der Waals surface area contributed by atoms with Crippen molar-refractivity contribution in [1.29, 1.82) is 0 Å². The van der Waals surface area contributed by atoms with Crippen LogP contribution in [0.1, 0.15) is 32.5 Å². The first kappa shape index (κ1) is 19.6. The van der Waals surface area contributed by atoms with Gasteiger partial charge in [0.1, 0.15) is 5.82 Å². The van der Waals surface area contributed by atoms with Crippen molar-refractivity contribution in [2.24, 2.45) is 0 Å². The number of hydrogen-bond donors (Lipinski definition) is 1. The van der Waals surface area contributed by atoms with Crippen LogP contribution in [0.3, 0.4) is 0 Å². The molecule has 26 heavy (non-hydrogen) atoms. The molecule has 2 aromatic rings. The van der Waals surface area contributed by atoms with E-state index in [1.54, 1.807) is 0 Å². The third kappa shape index (κ3) is 4.15. The lowest BCUT2D eigenvalue weighted by Gasteiger charge is -2.02. The molecule has 1 N–H and O–H groups in total. The fourth-order valence-electron chi connectivity index (χ4n) is 2.53. The first-order valence-electron chi connectivity index (χ1n) is 8.63. The molecule has 0 amide bonds. The maximum Gasteiger partial charge on any atom is 0.104 e. The Morgan fingerprint density at radius 2 is 1.46 bits per heavy atom. The summed E-state index contributed by atoms with van der Waals surface area (Å²) in [4.78, 5) is 10.6. The van der Waals surface area contributed by atoms with E-state index in [4.69, 9.17) is 0 Å². The third-order valence-electron chi connectivity index (χ3n) is 3.65.